The molecule has 31 heavy (non-hydrogen) atoms. The van der Waals surface area contributed by atoms with Crippen molar-refractivity contribution in [2.24, 2.45) is 35.5 Å². The van der Waals surface area contributed by atoms with Crippen LogP contribution in [-0.2, 0) is 14.3 Å². The molecular formula is C27H50O4. The van der Waals surface area contributed by atoms with Crippen LogP contribution in [-0.4, -0.2) is 23.7 Å². The summed E-state index contributed by atoms with van der Waals surface area (Å²) in [6, 6.07) is 0. The maximum Gasteiger partial charge on any atom is 0.309 e. The zero-order chi connectivity index (χ0) is 23.2. The number of carboxylic acids is 1. The highest BCUT2D eigenvalue weighted by atomic mass is 16.5. The van der Waals surface area contributed by atoms with Crippen molar-refractivity contribution in [3.63, 3.8) is 0 Å². The lowest BCUT2D eigenvalue weighted by molar-refractivity contribution is -0.161. The van der Waals surface area contributed by atoms with Crippen LogP contribution in [0.3, 0.4) is 0 Å². The van der Waals surface area contributed by atoms with Crippen LogP contribution in [0.25, 0.3) is 0 Å². The second kappa shape index (κ2) is 15.7. The number of carboxylic acid groups (broad SMARTS) is 1. The molecule has 0 amide bonds. The highest BCUT2D eigenvalue weighted by Crippen LogP contribution is 2.38. The summed E-state index contributed by atoms with van der Waals surface area (Å²) in [5.74, 6) is 0.210. The summed E-state index contributed by atoms with van der Waals surface area (Å²) >= 11 is 0. The second-order valence-corrected chi connectivity index (χ2v) is 10.6. The molecular weight excluding hydrogens is 388 g/mol. The molecule has 0 aromatic carbocycles. The number of unbranched alkanes of at least 4 members (excludes halogenated alkanes) is 1. The molecule has 5 atom stereocenters. The average molecular weight is 439 g/mol. The van der Waals surface area contributed by atoms with E-state index in [9.17, 15) is 14.7 Å². The normalized spacial score (nSPS) is 23.5. The van der Waals surface area contributed by atoms with Crippen molar-refractivity contribution in [2.45, 2.75) is 118 Å². The van der Waals surface area contributed by atoms with Crippen LogP contribution in [0, 0.1) is 35.5 Å². The van der Waals surface area contributed by atoms with Crippen LogP contribution in [0.2, 0.25) is 0 Å². The number of hydrogen-bond donors (Lipinski definition) is 1. The van der Waals surface area contributed by atoms with E-state index in [0.717, 1.165) is 50.4 Å². The average Bonchev–Trinajstić information content (AvgIpc) is 2.73. The third-order valence-corrected chi connectivity index (χ3v) is 7.37. The summed E-state index contributed by atoms with van der Waals surface area (Å²) in [5, 5.41) is 9.76. The van der Waals surface area contributed by atoms with Crippen LogP contribution in [0.1, 0.15) is 118 Å². The van der Waals surface area contributed by atoms with E-state index >= 15 is 0 Å². The van der Waals surface area contributed by atoms with E-state index in [2.05, 4.69) is 34.6 Å². The number of aliphatic carboxylic acids is 1. The number of ether oxygens (including phenoxy) is 1. The molecule has 0 bridgehead atoms. The van der Waals surface area contributed by atoms with Crippen molar-refractivity contribution in [1.82, 2.24) is 0 Å². The molecule has 0 saturated heterocycles. The van der Waals surface area contributed by atoms with Crippen LogP contribution in [0.4, 0.5) is 0 Å². The second-order valence-electron chi connectivity index (χ2n) is 10.6. The summed E-state index contributed by atoms with van der Waals surface area (Å²) in [5.41, 5.74) is 0. The Morgan fingerprint density at radius 2 is 1.65 bits per heavy atom. The van der Waals surface area contributed by atoms with Gasteiger partial charge in [-0.2, -0.15) is 0 Å². The monoisotopic (exact) mass is 438 g/mol. The van der Waals surface area contributed by atoms with Gasteiger partial charge in [-0.1, -0.05) is 92.4 Å². The number of hydrogen-bond acceptors (Lipinski definition) is 3. The largest absolute Gasteiger partial charge is 0.481 e. The van der Waals surface area contributed by atoms with Gasteiger partial charge in [-0.05, 0) is 49.4 Å². The van der Waals surface area contributed by atoms with Crippen LogP contribution >= 0.6 is 0 Å². The van der Waals surface area contributed by atoms with Gasteiger partial charge in [0.05, 0.1) is 18.4 Å². The molecule has 182 valence electrons. The van der Waals surface area contributed by atoms with Crippen molar-refractivity contribution in [1.29, 1.82) is 0 Å². The van der Waals surface area contributed by atoms with Gasteiger partial charge in [0.1, 0.15) is 0 Å². The third kappa shape index (κ3) is 11.4. The van der Waals surface area contributed by atoms with Gasteiger partial charge in [0.15, 0.2) is 0 Å². The van der Waals surface area contributed by atoms with E-state index in [-0.39, 0.29) is 5.97 Å². The highest BCUT2D eigenvalue weighted by Gasteiger charge is 2.40. The highest BCUT2D eigenvalue weighted by molar-refractivity contribution is 5.81. The van der Waals surface area contributed by atoms with Gasteiger partial charge >= 0.3 is 11.9 Å². The standard InChI is InChI=1S/C27H50O4/c1-6-8-14-22(7-2)19-31-27(30)24-17-16-23(18-25(24)26(28)29)15-10-13-21(5)12-9-11-20(3)4/h20-25H,6-19H2,1-5H3,(H,28,29). The molecule has 4 heteroatoms. The van der Waals surface area contributed by atoms with Crippen molar-refractivity contribution in [2.75, 3.05) is 6.61 Å². The van der Waals surface area contributed by atoms with Crippen LogP contribution < -0.4 is 0 Å². The van der Waals surface area contributed by atoms with Gasteiger partial charge in [-0.3, -0.25) is 9.59 Å². The molecule has 0 radical (unpaired) electrons. The van der Waals surface area contributed by atoms with Crippen LogP contribution in [0.5, 0.6) is 0 Å². The number of carbonyl (C=O) groups excluding carboxylic acids is 1. The SMILES string of the molecule is CCCCC(CC)COC(=O)C1CCC(CCCC(C)CCCC(C)C)CC1C(=O)O. The van der Waals surface area contributed by atoms with Gasteiger partial charge in [-0.15, -0.1) is 0 Å². The van der Waals surface area contributed by atoms with E-state index in [1.807, 2.05) is 0 Å². The van der Waals surface area contributed by atoms with Gasteiger partial charge < -0.3 is 9.84 Å². The fourth-order valence-corrected chi connectivity index (χ4v) is 5.05. The summed E-state index contributed by atoms with van der Waals surface area (Å²) in [7, 11) is 0. The number of esters is 1. The molecule has 0 aliphatic heterocycles. The Hall–Kier alpha value is -1.06. The van der Waals surface area contributed by atoms with E-state index in [0.29, 0.717) is 31.3 Å². The predicted molar refractivity (Wildman–Crippen MR) is 128 cm³/mol. The topological polar surface area (TPSA) is 63.6 Å². The zero-order valence-corrected chi connectivity index (χ0v) is 21.0. The lowest BCUT2D eigenvalue weighted by atomic mass is 9.72. The van der Waals surface area contributed by atoms with Crippen molar-refractivity contribution < 1.29 is 19.4 Å². The summed E-state index contributed by atoms with van der Waals surface area (Å²) in [6.45, 7) is 11.6. The molecule has 1 aliphatic carbocycles. The van der Waals surface area contributed by atoms with Gasteiger partial charge in [0, 0.05) is 0 Å². The van der Waals surface area contributed by atoms with Crippen LogP contribution in [0.15, 0.2) is 0 Å². The van der Waals surface area contributed by atoms with E-state index < -0.39 is 17.8 Å². The third-order valence-electron chi connectivity index (χ3n) is 7.37. The minimum atomic E-state index is -0.827. The smallest absolute Gasteiger partial charge is 0.309 e. The zero-order valence-electron chi connectivity index (χ0n) is 21.0. The van der Waals surface area contributed by atoms with Gasteiger partial charge in [-0.25, -0.2) is 0 Å². The lowest BCUT2D eigenvalue weighted by Gasteiger charge is -2.33. The molecule has 1 aliphatic rings. The predicted octanol–water partition coefficient (Wildman–Crippen LogP) is 7.50. The van der Waals surface area contributed by atoms with E-state index in [1.54, 1.807) is 0 Å². The Labute approximate surface area is 191 Å². The molecule has 5 unspecified atom stereocenters. The maximum atomic E-state index is 12.7. The Balaban J connectivity index is 2.42. The first-order chi connectivity index (χ1) is 14.8. The summed E-state index contributed by atoms with van der Waals surface area (Å²) < 4.78 is 5.61. The lowest BCUT2D eigenvalue weighted by Crippen LogP contribution is -2.37. The van der Waals surface area contributed by atoms with Gasteiger partial charge in [0.25, 0.3) is 0 Å². The fraction of sp³-hybridized carbons (Fsp3) is 0.926. The molecule has 0 spiro atoms. The summed E-state index contributed by atoms with van der Waals surface area (Å²) in [4.78, 5) is 24.6. The minimum absolute atomic E-state index is 0.278. The summed E-state index contributed by atoms with van der Waals surface area (Å²) in [6.07, 6.45) is 14.0. The number of rotatable bonds is 16. The Morgan fingerprint density at radius 1 is 0.935 bits per heavy atom. The maximum absolute atomic E-state index is 12.7. The molecule has 1 rings (SSSR count). The molecule has 0 aromatic heterocycles. The van der Waals surface area contributed by atoms with Gasteiger partial charge in [0.2, 0.25) is 0 Å². The molecule has 0 heterocycles. The molecule has 1 fully saturated rings. The Kier molecular flexibility index (Phi) is 14.2. The Bertz CT molecular complexity index is 501. The number of carbonyl (C=O) groups is 2. The Morgan fingerprint density at radius 3 is 2.26 bits per heavy atom. The minimum Gasteiger partial charge on any atom is -0.481 e. The van der Waals surface area contributed by atoms with Crippen molar-refractivity contribution in [3.05, 3.63) is 0 Å². The first kappa shape index (κ1) is 28.0. The molecule has 1 N–H and O–H groups in total. The van der Waals surface area contributed by atoms with E-state index in [4.69, 9.17) is 4.74 Å². The fourth-order valence-electron chi connectivity index (χ4n) is 5.05. The molecule has 0 aromatic rings. The quantitative estimate of drug-likeness (QED) is 0.253. The van der Waals surface area contributed by atoms with Crippen molar-refractivity contribution in [3.8, 4) is 0 Å². The molecule has 1 saturated carbocycles. The first-order valence-electron chi connectivity index (χ1n) is 13.2. The molecule has 4 nitrogen and oxygen atoms in total. The van der Waals surface area contributed by atoms with Crippen molar-refractivity contribution >= 4 is 11.9 Å². The van der Waals surface area contributed by atoms with E-state index in [1.165, 1.54) is 32.1 Å². The first-order valence-corrected chi connectivity index (χ1v) is 13.2.